The Labute approximate surface area is 293 Å². The minimum absolute atomic E-state index is 0.105. The average molecular weight is 680 g/mol. The van der Waals surface area contributed by atoms with E-state index in [1.165, 1.54) is 0 Å². The molecule has 10 nitrogen and oxygen atoms in total. The van der Waals surface area contributed by atoms with Crippen molar-refractivity contribution in [2.24, 2.45) is 0 Å². The molecule has 0 spiro atoms. The summed E-state index contributed by atoms with van der Waals surface area (Å²) < 4.78 is 22.5. The van der Waals surface area contributed by atoms with Gasteiger partial charge in [-0.2, -0.15) is 0 Å². The fourth-order valence-electron chi connectivity index (χ4n) is 6.58. The van der Waals surface area contributed by atoms with E-state index in [4.69, 9.17) is 18.9 Å². The maximum absolute atomic E-state index is 14.2. The van der Waals surface area contributed by atoms with Crippen molar-refractivity contribution in [2.45, 2.75) is 116 Å². The normalized spacial score (nSPS) is 17.8. The van der Waals surface area contributed by atoms with Crippen molar-refractivity contribution < 1.29 is 33.3 Å². The van der Waals surface area contributed by atoms with Gasteiger partial charge in [-0.1, -0.05) is 30.3 Å². The summed E-state index contributed by atoms with van der Waals surface area (Å²) in [6.45, 7) is 11.6. The van der Waals surface area contributed by atoms with Gasteiger partial charge in [0.25, 0.3) is 5.91 Å². The molecule has 270 valence electrons. The van der Waals surface area contributed by atoms with E-state index in [1.54, 1.807) is 37.3 Å². The highest BCUT2D eigenvalue weighted by Gasteiger charge is 2.40. The zero-order valence-corrected chi connectivity index (χ0v) is 30.6. The van der Waals surface area contributed by atoms with Gasteiger partial charge in [0.05, 0.1) is 19.8 Å². The molecular formula is C39H57N3O7. The lowest BCUT2D eigenvalue weighted by molar-refractivity contribution is -0.132. The summed E-state index contributed by atoms with van der Waals surface area (Å²) >= 11 is 0. The number of hydrogen-bond acceptors (Lipinski definition) is 7. The molecule has 2 aliphatic rings. The summed E-state index contributed by atoms with van der Waals surface area (Å²) in [5, 5.41) is 0. The Morgan fingerprint density at radius 1 is 0.918 bits per heavy atom. The van der Waals surface area contributed by atoms with E-state index in [2.05, 4.69) is 12.1 Å². The Balaban J connectivity index is 1.48. The van der Waals surface area contributed by atoms with Crippen LogP contribution in [-0.2, 0) is 20.7 Å². The molecule has 1 heterocycles. The lowest BCUT2D eigenvalue weighted by Gasteiger charge is -2.45. The summed E-state index contributed by atoms with van der Waals surface area (Å²) in [6.07, 6.45) is 5.66. The van der Waals surface area contributed by atoms with Crippen LogP contribution in [0.25, 0.3) is 0 Å². The number of aryl methyl sites for hydroxylation is 1. The summed E-state index contributed by atoms with van der Waals surface area (Å²) in [7, 11) is 3.23. The number of ether oxygens (including phenoxy) is 4. The molecule has 1 aliphatic heterocycles. The number of benzene rings is 2. The van der Waals surface area contributed by atoms with Crippen LogP contribution in [0.1, 0.15) is 95.5 Å². The van der Waals surface area contributed by atoms with Gasteiger partial charge in [0.15, 0.2) is 11.5 Å². The molecule has 2 atom stereocenters. The number of carbonyl (C=O) groups is 3. The summed E-state index contributed by atoms with van der Waals surface area (Å²) in [4.78, 5) is 47.0. The van der Waals surface area contributed by atoms with Gasteiger partial charge >= 0.3 is 6.09 Å². The largest absolute Gasteiger partial charge is 0.493 e. The zero-order chi connectivity index (χ0) is 35.6. The number of hydrogen-bond donors (Lipinski definition) is 0. The van der Waals surface area contributed by atoms with Crippen LogP contribution < -0.4 is 9.47 Å². The highest BCUT2D eigenvalue weighted by atomic mass is 16.6. The number of likely N-dealkylation sites (tertiary alicyclic amines) is 1. The molecule has 0 bridgehead atoms. The fraction of sp³-hybridized carbons (Fsp3) is 0.615. The number of nitrogens with zero attached hydrogens (tertiary/aromatic N) is 3. The smallest absolute Gasteiger partial charge is 0.410 e. The van der Waals surface area contributed by atoms with Crippen molar-refractivity contribution in [2.75, 3.05) is 40.5 Å². The molecule has 2 aromatic rings. The lowest BCUT2D eigenvalue weighted by atomic mass is 9.93. The first-order valence-corrected chi connectivity index (χ1v) is 17.9. The predicted molar refractivity (Wildman–Crippen MR) is 190 cm³/mol. The highest BCUT2D eigenvalue weighted by molar-refractivity contribution is 5.95. The predicted octanol–water partition coefficient (Wildman–Crippen LogP) is 6.74. The van der Waals surface area contributed by atoms with E-state index in [-0.39, 0.29) is 42.1 Å². The zero-order valence-electron chi connectivity index (χ0n) is 30.6. The van der Waals surface area contributed by atoms with Crippen LogP contribution in [0.4, 0.5) is 4.79 Å². The van der Waals surface area contributed by atoms with Crippen LogP contribution in [0.3, 0.4) is 0 Å². The Morgan fingerprint density at radius 2 is 1.63 bits per heavy atom. The van der Waals surface area contributed by atoms with Crippen molar-refractivity contribution >= 4 is 17.9 Å². The monoisotopic (exact) mass is 679 g/mol. The van der Waals surface area contributed by atoms with Crippen LogP contribution >= 0.6 is 0 Å². The first-order chi connectivity index (χ1) is 23.4. The van der Waals surface area contributed by atoms with E-state index in [1.807, 2.05) is 62.6 Å². The molecule has 3 amide bonds. The van der Waals surface area contributed by atoms with Crippen molar-refractivity contribution in [1.82, 2.24) is 14.7 Å². The maximum Gasteiger partial charge on any atom is 0.410 e. The average Bonchev–Trinajstić information content (AvgIpc) is 3.91. The number of carbonyl (C=O) groups excluding carboxylic acids is 3. The molecular weight excluding hydrogens is 622 g/mol. The van der Waals surface area contributed by atoms with E-state index >= 15 is 0 Å². The third-order valence-electron chi connectivity index (χ3n) is 9.14. The number of rotatable bonds is 16. The second kappa shape index (κ2) is 17.7. The molecule has 0 radical (unpaired) electrons. The second-order valence-corrected chi connectivity index (χ2v) is 14.5. The van der Waals surface area contributed by atoms with Gasteiger partial charge in [-0.05, 0) is 96.9 Å². The summed E-state index contributed by atoms with van der Waals surface area (Å²) in [5.41, 5.74) is 0.986. The number of piperidine rings is 1. The van der Waals surface area contributed by atoms with Crippen LogP contribution in [0.15, 0.2) is 48.5 Å². The van der Waals surface area contributed by atoms with Gasteiger partial charge in [-0.3, -0.25) is 9.59 Å². The first-order valence-electron chi connectivity index (χ1n) is 17.9. The van der Waals surface area contributed by atoms with E-state index in [0.717, 1.165) is 24.8 Å². The van der Waals surface area contributed by atoms with Crippen LogP contribution in [0.5, 0.6) is 11.5 Å². The Morgan fingerprint density at radius 3 is 2.27 bits per heavy atom. The van der Waals surface area contributed by atoms with Crippen molar-refractivity contribution in [1.29, 1.82) is 0 Å². The fourth-order valence-corrected chi connectivity index (χ4v) is 6.58. The SMILES string of the molecule is COCCCOc1cc(C(=O)N(C(C)C)[C@@H]2CC[C@H](CCN(C(=O)CCc3ccccc3)C3CC3)N(C(=O)OC(C)(C)C)C2)ccc1OC. The summed E-state index contributed by atoms with van der Waals surface area (Å²) in [5.74, 6) is 1.10. The Hall–Kier alpha value is -3.79. The van der Waals surface area contributed by atoms with Gasteiger partial charge in [-0.15, -0.1) is 0 Å². The minimum atomic E-state index is -0.668. The molecule has 0 N–H and O–H groups in total. The molecule has 1 saturated heterocycles. The van der Waals surface area contributed by atoms with Gasteiger partial charge < -0.3 is 33.6 Å². The maximum atomic E-state index is 14.2. The quantitative estimate of drug-likeness (QED) is 0.181. The molecule has 2 aromatic carbocycles. The number of amides is 3. The van der Waals surface area contributed by atoms with Crippen LogP contribution in [0, 0.1) is 0 Å². The van der Waals surface area contributed by atoms with Gasteiger partial charge in [0.1, 0.15) is 5.60 Å². The van der Waals surface area contributed by atoms with E-state index < -0.39 is 5.60 Å². The topological polar surface area (TPSA) is 97.9 Å². The third kappa shape index (κ3) is 11.1. The third-order valence-corrected chi connectivity index (χ3v) is 9.14. The Bertz CT molecular complexity index is 1370. The molecule has 1 aliphatic carbocycles. The first kappa shape index (κ1) is 38.0. The Kier molecular flexibility index (Phi) is 13.8. The van der Waals surface area contributed by atoms with Crippen molar-refractivity contribution in [3.63, 3.8) is 0 Å². The van der Waals surface area contributed by atoms with Gasteiger partial charge in [0, 0.05) is 63.3 Å². The van der Waals surface area contributed by atoms with E-state index in [0.29, 0.717) is 75.5 Å². The number of methoxy groups -OCH3 is 2. The van der Waals surface area contributed by atoms with Gasteiger partial charge in [0.2, 0.25) is 5.91 Å². The molecule has 10 heteroatoms. The molecule has 49 heavy (non-hydrogen) atoms. The minimum Gasteiger partial charge on any atom is -0.493 e. The second-order valence-electron chi connectivity index (χ2n) is 14.5. The van der Waals surface area contributed by atoms with Crippen LogP contribution in [0.2, 0.25) is 0 Å². The van der Waals surface area contributed by atoms with Gasteiger partial charge in [-0.25, -0.2) is 4.79 Å². The highest BCUT2D eigenvalue weighted by Crippen LogP contribution is 2.33. The molecule has 1 saturated carbocycles. The van der Waals surface area contributed by atoms with Crippen molar-refractivity contribution in [3.8, 4) is 11.5 Å². The van der Waals surface area contributed by atoms with E-state index in [9.17, 15) is 14.4 Å². The molecule has 2 fully saturated rings. The van der Waals surface area contributed by atoms with Crippen LogP contribution in [-0.4, -0.2) is 103 Å². The standard InChI is InChI=1S/C39H57N3O7/c1-28(2)42(37(44)30-15-20-34(47-7)35(26-30)48-25-11-24-46-6)33-19-18-32(41(27-33)38(45)49-39(3,4)5)22-23-40(31-16-17-31)36(43)21-14-29-12-9-8-10-13-29/h8-10,12-13,15,20,26,28,31-33H,11,14,16-19,21-25,27H2,1-7H3/t32-,33-/m1/s1. The molecule has 0 unspecified atom stereocenters. The van der Waals surface area contributed by atoms with Crippen molar-refractivity contribution in [3.05, 3.63) is 59.7 Å². The summed E-state index contributed by atoms with van der Waals surface area (Å²) in [6, 6.07) is 15.2. The lowest BCUT2D eigenvalue weighted by Crippen LogP contribution is -2.58. The molecule has 4 rings (SSSR count). The molecule has 0 aromatic heterocycles.